The molecule has 0 unspecified atom stereocenters. The Morgan fingerprint density at radius 1 is 1.21 bits per heavy atom. The van der Waals surface area contributed by atoms with Crippen LogP contribution in [0.4, 0.5) is 0 Å². The van der Waals surface area contributed by atoms with Gasteiger partial charge in [-0.2, -0.15) is 0 Å². The lowest BCUT2D eigenvalue weighted by atomic mass is 10.1. The highest BCUT2D eigenvalue weighted by molar-refractivity contribution is 5.95. The molecule has 1 aromatic rings. The summed E-state index contributed by atoms with van der Waals surface area (Å²) in [6.07, 6.45) is 7.04. The predicted octanol–water partition coefficient (Wildman–Crippen LogP) is 3.31. The van der Waals surface area contributed by atoms with Gasteiger partial charge in [0.05, 0.1) is 25.4 Å². The number of rotatable bonds is 6. The van der Waals surface area contributed by atoms with Crippen LogP contribution in [0.2, 0.25) is 0 Å². The Kier molecular flexibility index (Phi) is 5.61. The summed E-state index contributed by atoms with van der Waals surface area (Å²) >= 11 is 0. The van der Waals surface area contributed by atoms with Crippen molar-refractivity contribution in [3.05, 3.63) is 23.8 Å². The first-order valence-electron chi connectivity index (χ1n) is 8.94. The molecule has 1 aliphatic carbocycles. The van der Waals surface area contributed by atoms with E-state index in [0.717, 1.165) is 32.3 Å². The zero-order valence-corrected chi connectivity index (χ0v) is 14.5. The molecule has 1 saturated heterocycles. The molecular weight excluding hydrogens is 306 g/mol. The van der Waals surface area contributed by atoms with E-state index in [1.165, 1.54) is 12.8 Å². The van der Waals surface area contributed by atoms with Crippen LogP contribution in [-0.2, 0) is 4.74 Å². The number of nitrogens with one attached hydrogen (secondary N) is 1. The second-order valence-corrected chi connectivity index (χ2v) is 6.70. The molecule has 0 bridgehead atoms. The standard InChI is InChI=1S/C19H27NO4/c1-13(16-8-5-11-23-16)20-19(21)14-9-10-17(18(12-14)22-2)24-15-6-3-4-7-15/h9-10,12-13,15-16H,3-8,11H2,1-2H3,(H,20,21)/t13-,16+/m0/s1. The van der Waals surface area contributed by atoms with Crippen LogP contribution in [0, 0.1) is 0 Å². The molecule has 3 rings (SSSR count). The lowest BCUT2D eigenvalue weighted by Gasteiger charge is -2.20. The number of amides is 1. The summed E-state index contributed by atoms with van der Waals surface area (Å²) in [7, 11) is 1.60. The largest absolute Gasteiger partial charge is 0.493 e. The summed E-state index contributed by atoms with van der Waals surface area (Å²) < 4.78 is 17.1. The summed E-state index contributed by atoms with van der Waals surface area (Å²) in [5.74, 6) is 1.22. The van der Waals surface area contributed by atoms with Crippen molar-refractivity contribution in [2.75, 3.05) is 13.7 Å². The maximum absolute atomic E-state index is 12.5. The summed E-state index contributed by atoms with van der Waals surface area (Å²) in [6, 6.07) is 5.38. The fourth-order valence-electron chi connectivity index (χ4n) is 3.47. The molecule has 1 saturated carbocycles. The molecule has 24 heavy (non-hydrogen) atoms. The topological polar surface area (TPSA) is 56.8 Å². The van der Waals surface area contributed by atoms with Gasteiger partial charge in [-0.3, -0.25) is 4.79 Å². The van der Waals surface area contributed by atoms with Crippen molar-refractivity contribution in [2.24, 2.45) is 0 Å². The van der Waals surface area contributed by atoms with E-state index in [0.29, 0.717) is 17.1 Å². The van der Waals surface area contributed by atoms with Crippen molar-refractivity contribution in [1.29, 1.82) is 0 Å². The molecule has 2 fully saturated rings. The van der Waals surface area contributed by atoms with Gasteiger partial charge in [0.15, 0.2) is 11.5 Å². The molecule has 1 aromatic carbocycles. The van der Waals surface area contributed by atoms with Gasteiger partial charge in [0.2, 0.25) is 0 Å². The molecule has 5 nitrogen and oxygen atoms in total. The quantitative estimate of drug-likeness (QED) is 0.868. The van der Waals surface area contributed by atoms with Crippen LogP contribution in [0.1, 0.15) is 55.8 Å². The highest BCUT2D eigenvalue weighted by Crippen LogP contribution is 2.32. The van der Waals surface area contributed by atoms with E-state index in [2.05, 4.69) is 5.32 Å². The third-order valence-electron chi connectivity index (χ3n) is 4.90. The first-order valence-corrected chi connectivity index (χ1v) is 8.94. The van der Waals surface area contributed by atoms with Gasteiger partial charge in [0.25, 0.3) is 5.91 Å². The molecule has 1 N–H and O–H groups in total. The molecule has 0 aromatic heterocycles. The minimum atomic E-state index is -0.108. The van der Waals surface area contributed by atoms with E-state index in [4.69, 9.17) is 14.2 Å². The molecule has 132 valence electrons. The third kappa shape index (κ3) is 4.01. The van der Waals surface area contributed by atoms with Crippen LogP contribution < -0.4 is 14.8 Å². The Morgan fingerprint density at radius 3 is 2.67 bits per heavy atom. The van der Waals surface area contributed by atoms with E-state index in [1.807, 2.05) is 13.0 Å². The van der Waals surface area contributed by atoms with E-state index in [1.54, 1.807) is 19.2 Å². The van der Waals surface area contributed by atoms with Gasteiger partial charge in [0, 0.05) is 12.2 Å². The van der Waals surface area contributed by atoms with Gasteiger partial charge >= 0.3 is 0 Å². The zero-order valence-electron chi connectivity index (χ0n) is 14.5. The van der Waals surface area contributed by atoms with Crippen molar-refractivity contribution < 1.29 is 19.0 Å². The second-order valence-electron chi connectivity index (χ2n) is 6.70. The number of carbonyl (C=O) groups is 1. The van der Waals surface area contributed by atoms with E-state index >= 15 is 0 Å². The minimum absolute atomic E-state index is 0.000380. The minimum Gasteiger partial charge on any atom is -0.493 e. The maximum Gasteiger partial charge on any atom is 0.251 e. The van der Waals surface area contributed by atoms with Crippen LogP contribution in [0.3, 0.4) is 0 Å². The van der Waals surface area contributed by atoms with Crippen LogP contribution in [0.15, 0.2) is 18.2 Å². The van der Waals surface area contributed by atoms with Crippen molar-refractivity contribution in [3.63, 3.8) is 0 Å². The van der Waals surface area contributed by atoms with Gasteiger partial charge in [-0.25, -0.2) is 0 Å². The summed E-state index contributed by atoms with van der Waals surface area (Å²) in [4.78, 5) is 12.5. The molecule has 1 heterocycles. The number of hydrogen-bond acceptors (Lipinski definition) is 4. The number of methoxy groups -OCH3 is 1. The summed E-state index contributed by atoms with van der Waals surface area (Å²) in [5, 5.41) is 3.02. The Hall–Kier alpha value is -1.75. The average molecular weight is 333 g/mol. The third-order valence-corrected chi connectivity index (χ3v) is 4.90. The highest BCUT2D eigenvalue weighted by Gasteiger charge is 2.24. The molecule has 1 aliphatic heterocycles. The van der Waals surface area contributed by atoms with Gasteiger partial charge < -0.3 is 19.5 Å². The molecule has 2 atom stereocenters. The van der Waals surface area contributed by atoms with Crippen molar-refractivity contribution in [1.82, 2.24) is 5.32 Å². The Balaban J connectivity index is 1.65. The lowest BCUT2D eigenvalue weighted by Crippen LogP contribution is -2.40. The zero-order chi connectivity index (χ0) is 16.9. The summed E-state index contributed by atoms with van der Waals surface area (Å²) in [6.45, 7) is 2.77. The number of benzene rings is 1. The smallest absolute Gasteiger partial charge is 0.251 e. The number of carbonyl (C=O) groups excluding carboxylic acids is 1. The normalized spacial score (nSPS) is 22.3. The lowest BCUT2D eigenvalue weighted by molar-refractivity contribution is 0.0712. The Labute approximate surface area is 143 Å². The van der Waals surface area contributed by atoms with Gasteiger partial charge in [-0.05, 0) is 63.6 Å². The summed E-state index contributed by atoms with van der Waals surface area (Å²) in [5.41, 5.74) is 0.579. The van der Waals surface area contributed by atoms with Gasteiger partial charge in [-0.15, -0.1) is 0 Å². The SMILES string of the molecule is COc1cc(C(=O)N[C@@H](C)[C@H]2CCCO2)ccc1OC1CCCC1. The predicted molar refractivity (Wildman–Crippen MR) is 91.8 cm³/mol. The van der Waals surface area contributed by atoms with Crippen LogP contribution >= 0.6 is 0 Å². The van der Waals surface area contributed by atoms with Gasteiger partial charge in [-0.1, -0.05) is 0 Å². The first-order chi connectivity index (χ1) is 11.7. The van der Waals surface area contributed by atoms with E-state index in [9.17, 15) is 4.79 Å². The second kappa shape index (κ2) is 7.88. The Morgan fingerprint density at radius 2 is 2.00 bits per heavy atom. The average Bonchev–Trinajstić information content (AvgIpc) is 3.28. The fraction of sp³-hybridized carbons (Fsp3) is 0.632. The van der Waals surface area contributed by atoms with Crippen molar-refractivity contribution in [2.45, 2.75) is 63.7 Å². The van der Waals surface area contributed by atoms with Crippen LogP contribution in [-0.4, -0.2) is 37.9 Å². The first kappa shape index (κ1) is 17.1. The number of ether oxygens (including phenoxy) is 3. The highest BCUT2D eigenvalue weighted by atomic mass is 16.5. The van der Waals surface area contributed by atoms with Crippen LogP contribution in [0.5, 0.6) is 11.5 Å². The van der Waals surface area contributed by atoms with E-state index < -0.39 is 0 Å². The molecule has 0 spiro atoms. The maximum atomic E-state index is 12.5. The molecular formula is C19H27NO4. The molecule has 1 amide bonds. The molecule has 0 radical (unpaired) electrons. The van der Waals surface area contributed by atoms with Gasteiger partial charge in [0.1, 0.15) is 0 Å². The Bertz CT molecular complexity index is 562. The molecule has 5 heteroatoms. The number of hydrogen-bond donors (Lipinski definition) is 1. The van der Waals surface area contributed by atoms with E-state index in [-0.39, 0.29) is 24.2 Å². The molecule has 2 aliphatic rings. The fourth-order valence-corrected chi connectivity index (χ4v) is 3.47. The monoisotopic (exact) mass is 333 g/mol. The van der Waals surface area contributed by atoms with Crippen molar-refractivity contribution in [3.8, 4) is 11.5 Å². The van der Waals surface area contributed by atoms with Crippen molar-refractivity contribution >= 4 is 5.91 Å². The van der Waals surface area contributed by atoms with Crippen LogP contribution in [0.25, 0.3) is 0 Å².